The van der Waals surface area contributed by atoms with Crippen LogP contribution in [0.1, 0.15) is 5.56 Å². The highest BCUT2D eigenvalue weighted by molar-refractivity contribution is 5.92. The highest BCUT2D eigenvalue weighted by atomic mass is 16.5. The van der Waals surface area contributed by atoms with Crippen LogP contribution in [0.25, 0.3) is 0 Å². The molecule has 0 saturated carbocycles. The number of benzene rings is 1. The van der Waals surface area contributed by atoms with E-state index in [-0.39, 0.29) is 18.1 Å². The van der Waals surface area contributed by atoms with Crippen molar-refractivity contribution in [2.45, 2.75) is 13.0 Å². The number of carbonyl (C=O) groups is 1. The molecule has 1 aromatic carbocycles. The van der Waals surface area contributed by atoms with Gasteiger partial charge in [-0.2, -0.15) is 5.10 Å². The quantitative estimate of drug-likeness (QED) is 0.836. The first-order chi connectivity index (χ1) is 9.69. The van der Waals surface area contributed by atoms with E-state index in [1.54, 1.807) is 48.5 Å². The molecular weight excluding hydrogens is 258 g/mol. The van der Waals surface area contributed by atoms with Crippen LogP contribution in [0.5, 0.6) is 5.75 Å². The number of nitrogens with zero attached hydrogens (tertiary/aromatic N) is 2. The summed E-state index contributed by atoms with van der Waals surface area (Å²) in [5.41, 5.74) is 1.22. The Bertz CT molecular complexity index is 581. The summed E-state index contributed by atoms with van der Waals surface area (Å²) in [6.07, 6.45) is 3.44. The molecule has 1 heterocycles. The predicted molar refractivity (Wildman–Crippen MR) is 74.5 cm³/mol. The molecule has 0 bridgehead atoms. The van der Waals surface area contributed by atoms with Gasteiger partial charge in [-0.3, -0.25) is 9.48 Å². The molecule has 0 fully saturated rings. The zero-order chi connectivity index (χ0) is 14.4. The fraction of sp³-hybridized carbons (Fsp3) is 0.286. The van der Waals surface area contributed by atoms with E-state index in [0.717, 1.165) is 0 Å². The number of nitrogens with one attached hydrogen (secondary N) is 1. The molecule has 0 saturated heterocycles. The van der Waals surface area contributed by atoms with Crippen LogP contribution in [0.4, 0.5) is 5.69 Å². The van der Waals surface area contributed by atoms with Crippen molar-refractivity contribution >= 4 is 11.6 Å². The lowest BCUT2D eigenvalue weighted by Gasteiger charge is -2.04. The smallest absolute Gasteiger partial charge is 0.229 e. The average molecular weight is 275 g/mol. The number of aromatic hydroxyl groups is 1. The third-order valence-corrected chi connectivity index (χ3v) is 2.78. The van der Waals surface area contributed by atoms with Crippen molar-refractivity contribution in [2.75, 3.05) is 19.0 Å². The third kappa shape index (κ3) is 3.83. The molecule has 0 spiro atoms. The van der Waals surface area contributed by atoms with E-state index in [4.69, 9.17) is 4.74 Å². The highest BCUT2D eigenvalue weighted by Crippen LogP contribution is 2.16. The molecule has 2 rings (SSSR count). The number of aromatic nitrogens is 2. The highest BCUT2D eigenvalue weighted by Gasteiger charge is 2.08. The molecule has 6 heteroatoms. The van der Waals surface area contributed by atoms with Crippen LogP contribution in [0, 0.1) is 0 Å². The first-order valence-electron chi connectivity index (χ1n) is 6.27. The second-order valence-corrected chi connectivity index (χ2v) is 4.34. The van der Waals surface area contributed by atoms with Crippen LogP contribution >= 0.6 is 0 Å². The zero-order valence-corrected chi connectivity index (χ0v) is 11.2. The van der Waals surface area contributed by atoms with Crippen LogP contribution in [-0.4, -0.2) is 34.5 Å². The Hall–Kier alpha value is -2.34. The van der Waals surface area contributed by atoms with Crippen molar-refractivity contribution in [3.8, 4) is 5.75 Å². The Morgan fingerprint density at radius 1 is 1.45 bits per heavy atom. The molecule has 6 nitrogen and oxygen atoms in total. The summed E-state index contributed by atoms with van der Waals surface area (Å²) in [4.78, 5) is 11.9. The van der Waals surface area contributed by atoms with E-state index in [0.29, 0.717) is 24.4 Å². The largest absolute Gasteiger partial charge is 0.508 e. The van der Waals surface area contributed by atoms with Crippen molar-refractivity contribution in [2.24, 2.45) is 0 Å². The summed E-state index contributed by atoms with van der Waals surface area (Å²) in [6, 6.07) is 6.78. The van der Waals surface area contributed by atoms with Gasteiger partial charge < -0.3 is 15.2 Å². The van der Waals surface area contributed by atoms with Crippen LogP contribution in [-0.2, 0) is 22.5 Å². The maximum Gasteiger partial charge on any atom is 0.229 e. The van der Waals surface area contributed by atoms with E-state index in [2.05, 4.69) is 10.4 Å². The minimum atomic E-state index is -0.196. The lowest BCUT2D eigenvalue weighted by atomic mass is 10.1. The van der Waals surface area contributed by atoms with Crippen LogP contribution in [0.2, 0.25) is 0 Å². The number of anilines is 1. The molecule has 0 atom stereocenters. The minimum absolute atomic E-state index is 0.121. The van der Waals surface area contributed by atoms with Gasteiger partial charge in [-0.15, -0.1) is 0 Å². The fourth-order valence-corrected chi connectivity index (χ4v) is 1.77. The van der Waals surface area contributed by atoms with E-state index < -0.39 is 0 Å². The van der Waals surface area contributed by atoms with Crippen LogP contribution < -0.4 is 5.32 Å². The predicted octanol–water partition coefficient (Wildman–Crippen LogP) is 1.42. The fourth-order valence-electron chi connectivity index (χ4n) is 1.77. The average Bonchev–Trinajstić information content (AvgIpc) is 2.86. The number of para-hydroxylation sites is 1. The molecule has 106 valence electrons. The van der Waals surface area contributed by atoms with Gasteiger partial charge in [-0.25, -0.2) is 0 Å². The molecule has 2 N–H and O–H groups in total. The number of methoxy groups -OCH3 is 1. The number of rotatable bonds is 6. The summed E-state index contributed by atoms with van der Waals surface area (Å²) in [6.45, 7) is 1.19. The number of carbonyl (C=O) groups excluding carboxylic acids is 1. The molecule has 0 aliphatic heterocycles. The lowest BCUT2D eigenvalue weighted by Crippen LogP contribution is -2.14. The zero-order valence-electron chi connectivity index (χ0n) is 11.2. The second-order valence-electron chi connectivity index (χ2n) is 4.34. The minimum Gasteiger partial charge on any atom is -0.508 e. The van der Waals surface area contributed by atoms with Gasteiger partial charge >= 0.3 is 0 Å². The molecule has 0 unspecified atom stereocenters. The molecule has 20 heavy (non-hydrogen) atoms. The van der Waals surface area contributed by atoms with Crippen molar-refractivity contribution in [3.63, 3.8) is 0 Å². The van der Waals surface area contributed by atoms with Gasteiger partial charge in [0, 0.05) is 18.9 Å². The first kappa shape index (κ1) is 14.1. The Balaban J connectivity index is 1.91. The number of hydrogen-bond donors (Lipinski definition) is 2. The summed E-state index contributed by atoms with van der Waals surface area (Å²) < 4.78 is 6.65. The van der Waals surface area contributed by atoms with Gasteiger partial charge in [0.2, 0.25) is 5.91 Å². The summed E-state index contributed by atoms with van der Waals surface area (Å²) in [7, 11) is 1.62. The Morgan fingerprint density at radius 2 is 2.25 bits per heavy atom. The molecular formula is C14H17N3O3. The van der Waals surface area contributed by atoms with Crippen molar-refractivity contribution in [1.29, 1.82) is 0 Å². The summed E-state index contributed by atoms with van der Waals surface area (Å²) in [5, 5.41) is 16.5. The first-order valence-corrected chi connectivity index (χ1v) is 6.27. The van der Waals surface area contributed by atoms with Gasteiger partial charge in [-0.05, 0) is 6.07 Å². The normalized spacial score (nSPS) is 10.4. The van der Waals surface area contributed by atoms with E-state index in [9.17, 15) is 9.90 Å². The maximum absolute atomic E-state index is 11.9. The monoisotopic (exact) mass is 275 g/mol. The third-order valence-electron chi connectivity index (χ3n) is 2.78. The Kier molecular flexibility index (Phi) is 4.73. The number of phenolic OH excluding ortho intramolecular Hbond substituents is 1. The summed E-state index contributed by atoms with van der Waals surface area (Å²) in [5.74, 6) is -0.0729. The molecule has 2 aromatic rings. The van der Waals surface area contributed by atoms with Gasteiger partial charge in [-0.1, -0.05) is 18.2 Å². The molecule has 1 aromatic heterocycles. The molecule has 0 aliphatic rings. The van der Waals surface area contributed by atoms with Crippen molar-refractivity contribution in [3.05, 3.63) is 42.2 Å². The van der Waals surface area contributed by atoms with Gasteiger partial charge in [0.25, 0.3) is 0 Å². The van der Waals surface area contributed by atoms with E-state index in [1.165, 1.54) is 0 Å². The van der Waals surface area contributed by atoms with E-state index in [1.807, 2.05) is 0 Å². The van der Waals surface area contributed by atoms with Crippen LogP contribution in [0.3, 0.4) is 0 Å². The van der Waals surface area contributed by atoms with Crippen LogP contribution in [0.15, 0.2) is 36.7 Å². The SMILES string of the molecule is COCCn1cc(NC(=O)Cc2ccccc2O)cn1. The van der Waals surface area contributed by atoms with Gasteiger partial charge in [0.15, 0.2) is 0 Å². The lowest BCUT2D eigenvalue weighted by molar-refractivity contribution is -0.115. The molecule has 1 amide bonds. The van der Waals surface area contributed by atoms with E-state index >= 15 is 0 Å². The molecule has 0 radical (unpaired) electrons. The number of phenols is 1. The van der Waals surface area contributed by atoms with Crippen molar-refractivity contribution in [1.82, 2.24) is 9.78 Å². The van der Waals surface area contributed by atoms with Gasteiger partial charge in [0.1, 0.15) is 5.75 Å². The van der Waals surface area contributed by atoms with Crippen molar-refractivity contribution < 1.29 is 14.6 Å². The van der Waals surface area contributed by atoms with Gasteiger partial charge in [0.05, 0.1) is 31.5 Å². The summed E-state index contributed by atoms with van der Waals surface area (Å²) >= 11 is 0. The molecule has 0 aliphatic carbocycles. The Labute approximate surface area is 117 Å². The second kappa shape index (κ2) is 6.72. The standard InChI is InChI=1S/C14H17N3O3/c1-20-7-6-17-10-12(9-15-17)16-14(19)8-11-4-2-3-5-13(11)18/h2-5,9-10,18H,6-8H2,1H3,(H,16,19). The number of ether oxygens (including phenoxy) is 1. The number of hydrogen-bond acceptors (Lipinski definition) is 4. The number of amides is 1. The maximum atomic E-state index is 11.9. The Morgan fingerprint density at radius 3 is 3.00 bits per heavy atom. The topological polar surface area (TPSA) is 76.4 Å².